The first kappa shape index (κ1) is 45.1. The van der Waals surface area contributed by atoms with Gasteiger partial charge in [0.25, 0.3) is 0 Å². The highest BCUT2D eigenvalue weighted by Gasteiger charge is 2.33. The zero-order valence-electron chi connectivity index (χ0n) is 30.3. The van der Waals surface area contributed by atoms with E-state index in [0.29, 0.717) is 17.2 Å². The third-order valence-corrected chi connectivity index (χ3v) is 6.21. The van der Waals surface area contributed by atoms with Crippen molar-refractivity contribution in [3.63, 3.8) is 0 Å². The molecule has 3 rings (SSSR count). The number of aromatic hydroxyl groups is 3. The average molecular weight is 571 g/mol. The Balaban J connectivity index is -0.000000506. The van der Waals surface area contributed by atoms with E-state index in [1.807, 2.05) is 161 Å². The molecule has 236 valence electrons. The summed E-state index contributed by atoms with van der Waals surface area (Å²) in [5, 5.41) is 31.0. The number of hydrogen-bond donors (Lipinski definition) is 3. The summed E-state index contributed by atoms with van der Waals surface area (Å²) in [5.41, 5.74) is 7.58. The zero-order valence-corrected chi connectivity index (χ0v) is 30.3. The molecule has 0 heterocycles. The lowest BCUT2D eigenvalue weighted by Gasteiger charge is -2.34. The number of phenolic OH excluding ortho intramolecular Hbond substituents is 3. The van der Waals surface area contributed by atoms with Gasteiger partial charge in [-0.15, -0.1) is 0 Å². The first-order valence-electron chi connectivity index (χ1n) is 15.9. The van der Waals surface area contributed by atoms with Gasteiger partial charge < -0.3 is 15.3 Å². The van der Waals surface area contributed by atoms with Gasteiger partial charge in [-0.05, 0) is 98.5 Å². The van der Waals surface area contributed by atoms with Crippen molar-refractivity contribution in [1.29, 1.82) is 0 Å². The van der Waals surface area contributed by atoms with Crippen LogP contribution in [-0.4, -0.2) is 15.3 Å². The fourth-order valence-corrected chi connectivity index (χ4v) is 4.23. The number of phenols is 3. The van der Waals surface area contributed by atoms with Crippen LogP contribution in [0.2, 0.25) is 0 Å². The second-order valence-electron chi connectivity index (χ2n) is 8.50. The quantitative estimate of drug-likeness (QED) is 0.274. The highest BCUT2D eigenvalue weighted by atomic mass is 16.3. The number of rotatable bonds is 3. The van der Waals surface area contributed by atoms with Crippen LogP contribution in [0.15, 0.2) is 36.4 Å². The van der Waals surface area contributed by atoms with Crippen LogP contribution in [0.3, 0.4) is 0 Å². The van der Waals surface area contributed by atoms with Crippen LogP contribution >= 0.6 is 0 Å². The molecule has 0 bridgehead atoms. The Hall–Kier alpha value is -2.94. The molecule has 0 radical (unpaired) electrons. The van der Waals surface area contributed by atoms with E-state index in [9.17, 15) is 15.3 Å². The highest BCUT2D eigenvalue weighted by molar-refractivity contribution is 5.59. The fourth-order valence-electron chi connectivity index (χ4n) is 4.23. The van der Waals surface area contributed by atoms with Gasteiger partial charge >= 0.3 is 0 Å². The SMILES string of the molecule is CC.CC.CC.CC.CC.CC.Cc1cc(C(C)(c2cc(C)c(O)c(C)c2)c2cc(C)c(O)c(C)c2)cc(C)c1O. The maximum atomic E-state index is 10.3. The first-order chi connectivity index (χ1) is 19.5. The van der Waals surface area contributed by atoms with Gasteiger partial charge in [0.2, 0.25) is 0 Å². The summed E-state index contributed by atoms with van der Waals surface area (Å²) in [6, 6.07) is 12.2. The predicted octanol–water partition coefficient (Wildman–Crippen LogP) is 12.2. The number of benzene rings is 3. The van der Waals surface area contributed by atoms with Gasteiger partial charge in [0.15, 0.2) is 0 Å². The summed E-state index contributed by atoms with van der Waals surface area (Å²) in [7, 11) is 0. The van der Waals surface area contributed by atoms with Gasteiger partial charge in [-0.25, -0.2) is 0 Å². The Morgan fingerprint density at radius 1 is 0.341 bits per heavy atom. The van der Waals surface area contributed by atoms with Crippen LogP contribution in [0, 0.1) is 41.5 Å². The molecule has 0 unspecified atom stereocenters. The minimum atomic E-state index is -0.532. The van der Waals surface area contributed by atoms with E-state index in [1.54, 1.807) is 0 Å². The standard InChI is InChI=1S/C26H30O3.6C2H6/c1-14-8-20(9-15(2)23(14)27)26(7,21-10-16(3)24(28)17(4)11-21)22-12-18(5)25(29)19(6)13-22;6*1-2/h8-13,27-29H,1-7H3;6*1-2H3. The molecule has 0 aliphatic carbocycles. The van der Waals surface area contributed by atoms with E-state index in [-0.39, 0.29) is 0 Å². The van der Waals surface area contributed by atoms with E-state index in [1.165, 1.54) is 0 Å². The average Bonchev–Trinajstić information content (AvgIpc) is 3.02. The molecule has 3 aromatic carbocycles. The molecule has 3 nitrogen and oxygen atoms in total. The van der Waals surface area contributed by atoms with Crippen LogP contribution in [0.5, 0.6) is 17.2 Å². The maximum absolute atomic E-state index is 10.3. The molecule has 0 saturated heterocycles. The highest BCUT2D eigenvalue weighted by Crippen LogP contribution is 2.44. The summed E-state index contributed by atoms with van der Waals surface area (Å²) in [6.07, 6.45) is 0. The Labute approximate surface area is 255 Å². The van der Waals surface area contributed by atoms with Crippen molar-refractivity contribution in [3.8, 4) is 17.2 Å². The van der Waals surface area contributed by atoms with Crippen molar-refractivity contribution in [2.75, 3.05) is 0 Å². The maximum Gasteiger partial charge on any atom is 0.121 e. The molecular weight excluding hydrogens is 504 g/mol. The van der Waals surface area contributed by atoms with Crippen LogP contribution in [0.25, 0.3) is 0 Å². The summed E-state index contributed by atoms with van der Waals surface area (Å²) < 4.78 is 0. The second-order valence-corrected chi connectivity index (χ2v) is 8.50. The van der Waals surface area contributed by atoms with Crippen molar-refractivity contribution >= 4 is 0 Å². The molecule has 0 fully saturated rings. The number of hydrogen-bond acceptors (Lipinski definition) is 3. The normalized spacial score (nSPS) is 9.15. The van der Waals surface area contributed by atoms with E-state index < -0.39 is 5.41 Å². The minimum Gasteiger partial charge on any atom is -0.507 e. The molecule has 3 heteroatoms. The summed E-state index contributed by atoms with van der Waals surface area (Å²) >= 11 is 0. The van der Waals surface area contributed by atoms with Crippen LogP contribution in [-0.2, 0) is 5.41 Å². The Morgan fingerprint density at radius 2 is 0.463 bits per heavy atom. The molecule has 0 amide bonds. The number of aryl methyl sites for hydroxylation is 6. The zero-order chi connectivity index (χ0) is 33.7. The van der Waals surface area contributed by atoms with Gasteiger partial charge in [-0.3, -0.25) is 0 Å². The summed E-state index contributed by atoms with van der Waals surface area (Å²) in [5.74, 6) is 0.937. The first-order valence-corrected chi connectivity index (χ1v) is 15.9. The largest absolute Gasteiger partial charge is 0.507 e. The van der Waals surface area contributed by atoms with E-state index >= 15 is 0 Å². The molecule has 0 aliphatic heterocycles. The Bertz CT molecular complexity index is 902. The monoisotopic (exact) mass is 571 g/mol. The smallest absolute Gasteiger partial charge is 0.121 e. The van der Waals surface area contributed by atoms with Crippen LogP contribution in [0.1, 0.15) is 140 Å². The minimum absolute atomic E-state index is 0.312. The second kappa shape index (κ2) is 23.7. The van der Waals surface area contributed by atoms with Crippen molar-refractivity contribution in [3.05, 3.63) is 86.5 Å². The van der Waals surface area contributed by atoms with Crippen molar-refractivity contribution in [1.82, 2.24) is 0 Å². The topological polar surface area (TPSA) is 60.7 Å². The molecule has 0 aliphatic rings. The van der Waals surface area contributed by atoms with Gasteiger partial charge in [0.1, 0.15) is 17.2 Å². The van der Waals surface area contributed by atoms with Crippen molar-refractivity contribution in [2.45, 2.75) is 137 Å². The lowest BCUT2D eigenvalue weighted by Crippen LogP contribution is -2.26. The van der Waals surface area contributed by atoms with Crippen LogP contribution in [0.4, 0.5) is 0 Å². The van der Waals surface area contributed by atoms with E-state index in [4.69, 9.17) is 0 Å². The molecule has 3 N–H and O–H groups in total. The Kier molecular flexibility index (Phi) is 26.1. The van der Waals surface area contributed by atoms with Crippen LogP contribution < -0.4 is 0 Å². The lowest BCUT2D eigenvalue weighted by atomic mass is 9.69. The molecule has 0 atom stereocenters. The van der Waals surface area contributed by atoms with Gasteiger partial charge in [0, 0.05) is 5.41 Å². The van der Waals surface area contributed by atoms with E-state index in [0.717, 1.165) is 50.1 Å². The molecule has 0 saturated carbocycles. The summed E-state index contributed by atoms with van der Waals surface area (Å²) in [6.45, 7) is 37.6. The Morgan fingerprint density at radius 3 is 0.585 bits per heavy atom. The van der Waals surface area contributed by atoms with Gasteiger partial charge in [-0.1, -0.05) is 119 Å². The lowest BCUT2D eigenvalue weighted by molar-refractivity contribution is 0.465. The molecular formula is C38H66O3. The molecule has 3 aromatic rings. The van der Waals surface area contributed by atoms with Gasteiger partial charge in [0.05, 0.1) is 0 Å². The third-order valence-electron chi connectivity index (χ3n) is 6.21. The van der Waals surface area contributed by atoms with Gasteiger partial charge in [-0.2, -0.15) is 0 Å². The van der Waals surface area contributed by atoms with Crippen molar-refractivity contribution in [2.24, 2.45) is 0 Å². The predicted molar refractivity (Wildman–Crippen MR) is 186 cm³/mol. The third kappa shape index (κ3) is 11.5. The molecule has 41 heavy (non-hydrogen) atoms. The molecule has 0 aromatic heterocycles. The van der Waals surface area contributed by atoms with E-state index in [2.05, 4.69) is 6.92 Å². The fraction of sp³-hybridized carbons (Fsp3) is 0.526. The summed E-state index contributed by atoms with van der Waals surface area (Å²) in [4.78, 5) is 0. The van der Waals surface area contributed by atoms with Crippen molar-refractivity contribution < 1.29 is 15.3 Å². The molecule has 0 spiro atoms.